The average Bonchev–Trinajstić information content (AvgIpc) is 3.12. The minimum Gasteiger partial charge on any atom is -0.453 e. The van der Waals surface area contributed by atoms with Crippen molar-refractivity contribution in [2.45, 2.75) is 57.1 Å². The van der Waals surface area contributed by atoms with Gasteiger partial charge in [0.15, 0.2) is 11.6 Å². The van der Waals surface area contributed by atoms with Gasteiger partial charge in [0.1, 0.15) is 5.75 Å². The predicted octanol–water partition coefficient (Wildman–Crippen LogP) is 4.14. The van der Waals surface area contributed by atoms with E-state index in [1.54, 1.807) is 30.6 Å². The fraction of sp³-hybridized carbons (Fsp3) is 0.520. The number of anilines is 1. The molecule has 0 radical (unpaired) electrons. The van der Waals surface area contributed by atoms with Crippen LogP contribution in [0.3, 0.4) is 0 Å². The van der Waals surface area contributed by atoms with Crippen LogP contribution in [-0.4, -0.2) is 52.7 Å². The molecular formula is C25H30FN3O3. The minimum absolute atomic E-state index is 0.163. The Labute approximate surface area is 188 Å². The Kier molecular flexibility index (Phi) is 5.76. The fourth-order valence-electron chi connectivity index (χ4n) is 5.60. The number of carbonyl (C=O) groups excluding carboxylic acids is 1. The number of pyridine rings is 1. The van der Waals surface area contributed by atoms with Gasteiger partial charge in [-0.2, -0.15) is 0 Å². The van der Waals surface area contributed by atoms with Crippen LogP contribution in [0.2, 0.25) is 0 Å². The molecule has 1 N–H and O–H groups in total. The lowest BCUT2D eigenvalue weighted by Gasteiger charge is -2.41. The van der Waals surface area contributed by atoms with Crippen LogP contribution >= 0.6 is 0 Å². The molecule has 0 bridgehead atoms. The number of hydrogen-bond donors (Lipinski definition) is 1. The number of aliphatic hydroxyl groups is 1. The van der Waals surface area contributed by atoms with Crippen LogP contribution in [-0.2, 0) is 4.79 Å². The maximum atomic E-state index is 14.8. The van der Waals surface area contributed by atoms with Crippen LogP contribution in [0.25, 0.3) is 0 Å². The molecule has 7 heteroatoms. The van der Waals surface area contributed by atoms with E-state index in [4.69, 9.17) is 4.74 Å². The zero-order chi connectivity index (χ0) is 22.1. The van der Waals surface area contributed by atoms with E-state index >= 15 is 0 Å². The monoisotopic (exact) mass is 439 g/mol. The number of aromatic nitrogens is 1. The van der Waals surface area contributed by atoms with Crippen LogP contribution in [0, 0.1) is 11.2 Å². The molecule has 1 aromatic carbocycles. The zero-order valence-corrected chi connectivity index (χ0v) is 18.3. The third-order valence-corrected chi connectivity index (χ3v) is 7.37. The third kappa shape index (κ3) is 4.06. The molecule has 1 aliphatic carbocycles. The van der Waals surface area contributed by atoms with E-state index in [0.717, 1.165) is 63.7 Å². The van der Waals surface area contributed by atoms with Gasteiger partial charge in [0.05, 0.1) is 17.7 Å². The van der Waals surface area contributed by atoms with Crippen molar-refractivity contribution in [3.63, 3.8) is 0 Å². The SMILES string of the molecule is O=C1N(C2CCC(O)CC2)CC[C@@]12CCCN(c1ccc(Oc3cccnc3)c(F)c1)C2. The maximum Gasteiger partial charge on any atom is 0.230 e. The van der Waals surface area contributed by atoms with Crippen molar-refractivity contribution in [3.05, 3.63) is 48.5 Å². The second-order valence-corrected chi connectivity index (χ2v) is 9.42. The summed E-state index contributed by atoms with van der Waals surface area (Å²) in [6, 6.07) is 8.75. The number of nitrogens with zero attached hydrogens (tertiary/aromatic N) is 3. The molecule has 1 aromatic heterocycles. The lowest BCUT2D eigenvalue weighted by atomic mass is 9.78. The second kappa shape index (κ2) is 8.70. The molecule has 0 unspecified atom stereocenters. The molecule has 3 fully saturated rings. The molecule has 1 spiro atoms. The van der Waals surface area contributed by atoms with E-state index < -0.39 is 5.82 Å². The number of amides is 1. The van der Waals surface area contributed by atoms with Gasteiger partial charge >= 0.3 is 0 Å². The van der Waals surface area contributed by atoms with Crippen molar-refractivity contribution in [3.8, 4) is 11.5 Å². The van der Waals surface area contributed by atoms with Crippen molar-refractivity contribution in [1.29, 1.82) is 0 Å². The van der Waals surface area contributed by atoms with Crippen molar-refractivity contribution >= 4 is 11.6 Å². The van der Waals surface area contributed by atoms with E-state index in [0.29, 0.717) is 12.3 Å². The second-order valence-electron chi connectivity index (χ2n) is 9.42. The first-order valence-electron chi connectivity index (χ1n) is 11.7. The molecule has 1 amide bonds. The fourth-order valence-corrected chi connectivity index (χ4v) is 5.60. The molecule has 2 aromatic rings. The number of benzene rings is 1. The molecule has 32 heavy (non-hydrogen) atoms. The smallest absolute Gasteiger partial charge is 0.230 e. The average molecular weight is 440 g/mol. The van der Waals surface area contributed by atoms with Crippen molar-refractivity contribution in [2.24, 2.45) is 5.41 Å². The first-order chi connectivity index (χ1) is 15.5. The van der Waals surface area contributed by atoms with Gasteiger partial charge in [-0.15, -0.1) is 0 Å². The highest BCUT2D eigenvalue weighted by atomic mass is 19.1. The Hall–Kier alpha value is -2.67. The largest absolute Gasteiger partial charge is 0.453 e. The van der Waals surface area contributed by atoms with Crippen molar-refractivity contribution in [1.82, 2.24) is 9.88 Å². The standard InChI is InChI=1S/C25H30FN3O3/c26-22-15-19(6-9-23(22)32-21-3-1-12-27-16-21)28-13-2-10-25(17-28)11-14-29(24(25)31)18-4-7-20(30)8-5-18/h1,3,6,9,12,15-16,18,20,30H,2,4-5,7-8,10-11,13-14,17H2/t18?,20?,25-/m1/s1. The number of aliphatic hydroxyl groups excluding tert-OH is 1. The summed E-state index contributed by atoms with van der Waals surface area (Å²) < 4.78 is 20.4. The first-order valence-corrected chi connectivity index (χ1v) is 11.7. The highest BCUT2D eigenvalue weighted by Crippen LogP contribution is 2.43. The number of rotatable bonds is 4. The van der Waals surface area contributed by atoms with Crippen LogP contribution in [0.1, 0.15) is 44.9 Å². The van der Waals surface area contributed by atoms with Gasteiger partial charge in [-0.25, -0.2) is 4.39 Å². The van der Waals surface area contributed by atoms with Crippen LogP contribution < -0.4 is 9.64 Å². The molecule has 170 valence electrons. The number of hydrogen-bond acceptors (Lipinski definition) is 5. The van der Waals surface area contributed by atoms with E-state index in [1.165, 1.54) is 6.07 Å². The van der Waals surface area contributed by atoms with E-state index in [2.05, 4.69) is 14.8 Å². The van der Waals surface area contributed by atoms with Gasteiger partial charge in [0, 0.05) is 43.6 Å². The van der Waals surface area contributed by atoms with Gasteiger partial charge in [0.2, 0.25) is 5.91 Å². The molecule has 6 nitrogen and oxygen atoms in total. The summed E-state index contributed by atoms with van der Waals surface area (Å²) in [7, 11) is 0. The Balaban J connectivity index is 1.29. The number of piperidine rings is 1. The van der Waals surface area contributed by atoms with E-state index in [9.17, 15) is 14.3 Å². The topological polar surface area (TPSA) is 65.9 Å². The highest BCUT2D eigenvalue weighted by Gasteiger charge is 2.50. The quantitative estimate of drug-likeness (QED) is 0.776. The Morgan fingerprint density at radius 2 is 1.97 bits per heavy atom. The predicted molar refractivity (Wildman–Crippen MR) is 119 cm³/mol. The van der Waals surface area contributed by atoms with Crippen molar-refractivity contribution in [2.75, 3.05) is 24.5 Å². The number of carbonyl (C=O) groups is 1. The highest BCUT2D eigenvalue weighted by molar-refractivity contribution is 5.86. The summed E-state index contributed by atoms with van der Waals surface area (Å²) in [6.07, 6.45) is 8.95. The zero-order valence-electron chi connectivity index (χ0n) is 18.3. The summed E-state index contributed by atoms with van der Waals surface area (Å²) >= 11 is 0. The number of ether oxygens (including phenoxy) is 1. The molecule has 2 aliphatic heterocycles. The number of halogens is 1. The number of likely N-dealkylation sites (tertiary alicyclic amines) is 1. The summed E-state index contributed by atoms with van der Waals surface area (Å²) in [5.74, 6) is 0.478. The van der Waals surface area contributed by atoms with Crippen LogP contribution in [0.5, 0.6) is 11.5 Å². The third-order valence-electron chi connectivity index (χ3n) is 7.37. The first kappa shape index (κ1) is 21.2. The summed E-state index contributed by atoms with van der Waals surface area (Å²) in [5, 5.41) is 9.81. The summed E-state index contributed by atoms with van der Waals surface area (Å²) in [5.41, 5.74) is 0.405. The molecule has 2 saturated heterocycles. The normalized spacial score (nSPS) is 28.4. The summed E-state index contributed by atoms with van der Waals surface area (Å²) in [6.45, 7) is 2.23. The van der Waals surface area contributed by atoms with Gasteiger partial charge in [-0.1, -0.05) is 0 Å². The molecule has 3 heterocycles. The molecule has 1 atom stereocenters. The van der Waals surface area contributed by atoms with Crippen LogP contribution in [0.15, 0.2) is 42.7 Å². The minimum atomic E-state index is -0.425. The molecular weight excluding hydrogens is 409 g/mol. The Bertz CT molecular complexity index is 964. The molecule has 5 rings (SSSR count). The van der Waals surface area contributed by atoms with Crippen molar-refractivity contribution < 1.29 is 19.0 Å². The lowest BCUT2D eigenvalue weighted by Crippen LogP contribution is -2.50. The molecule has 3 aliphatic rings. The van der Waals surface area contributed by atoms with Gasteiger partial charge in [-0.05, 0) is 69.2 Å². The summed E-state index contributed by atoms with van der Waals surface area (Å²) in [4.78, 5) is 21.7. The van der Waals surface area contributed by atoms with E-state index in [1.807, 2.05) is 6.07 Å². The maximum absolute atomic E-state index is 14.8. The lowest BCUT2D eigenvalue weighted by molar-refractivity contribution is -0.139. The van der Waals surface area contributed by atoms with E-state index in [-0.39, 0.29) is 29.2 Å². The molecule has 1 saturated carbocycles. The van der Waals surface area contributed by atoms with Gasteiger partial charge in [-0.3, -0.25) is 9.78 Å². The Morgan fingerprint density at radius 3 is 2.72 bits per heavy atom. The van der Waals surface area contributed by atoms with Gasteiger partial charge in [0.25, 0.3) is 0 Å². The Morgan fingerprint density at radius 1 is 1.12 bits per heavy atom. The van der Waals surface area contributed by atoms with Crippen LogP contribution in [0.4, 0.5) is 10.1 Å². The van der Waals surface area contributed by atoms with Gasteiger partial charge < -0.3 is 19.6 Å².